The van der Waals surface area contributed by atoms with Gasteiger partial charge in [0.25, 0.3) is 0 Å². The molecule has 1 atom stereocenters. The lowest BCUT2D eigenvalue weighted by atomic mass is 9.86. The van der Waals surface area contributed by atoms with Crippen molar-refractivity contribution in [1.29, 1.82) is 0 Å². The number of imidazole rings is 1. The molecule has 2 aromatic rings. The van der Waals surface area contributed by atoms with Gasteiger partial charge in [-0.1, -0.05) is 0 Å². The van der Waals surface area contributed by atoms with Gasteiger partial charge in [-0.2, -0.15) is 0 Å². The predicted molar refractivity (Wildman–Crippen MR) is 87.7 cm³/mol. The Balaban J connectivity index is 1.39. The zero-order valence-corrected chi connectivity index (χ0v) is 13.5. The third-order valence-corrected chi connectivity index (χ3v) is 5.78. The second-order valence-corrected chi connectivity index (χ2v) is 7.61. The minimum absolute atomic E-state index is 0.142. The molecule has 0 unspecified atom stereocenters. The lowest BCUT2D eigenvalue weighted by Crippen LogP contribution is -2.33. The summed E-state index contributed by atoms with van der Waals surface area (Å²) in [6.07, 6.45) is 6.01. The van der Waals surface area contributed by atoms with Crippen molar-refractivity contribution in [3.8, 4) is 11.3 Å². The van der Waals surface area contributed by atoms with Gasteiger partial charge < -0.3 is 9.47 Å². The molecule has 1 aromatic carbocycles. The molecular weight excluding hydrogens is 305 g/mol. The SMILES string of the molecule is O=C(C1CC1)N1CC[C@]2(Cc3ncc(-c4ccc(F)cc4)n3C2)C1. The number of aromatic nitrogens is 2. The van der Waals surface area contributed by atoms with Gasteiger partial charge in [-0.3, -0.25) is 4.79 Å². The van der Waals surface area contributed by atoms with Crippen LogP contribution in [0.2, 0.25) is 0 Å². The maximum atomic E-state index is 13.2. The Morgan fingerprint density at radius 2 is 2.00 bits per heavy atom. The average molecular weight is 325 g/mol. The summed E-state index contributed by atoms with van der Waals surface area (Å²) in [5, 5.41) is 0. The van der Waals surface area contributed by atoms with Crippen molar-refractivity contribution in [2.24, 2.45) is 11.3 Å². The fourth-order valence-electron chi connectivity index (χ4n) is 4.29. The van der Waals surface area contributed by atoms with Gasteiger partial charge in [-0.05, 0) is 49.1 Å². The number of hydrogen-bond acceptors (Lipinski definition) is 2. The Kier molecular flexibility index (Phi) is 2.91. The molecule has 2 fully saturated rings. The second kappa shape index (κ2) is 4.91. The molecule has 0 N–H and O–H groups in total. The van der Waals surface area contributed by atoms with Crippen LogP contribution < -0.4 is 0 Å². The van der Waals surface area contributed by atoms with Gasteiger partial charge in [-0.15, -0.1) is 0 Å². The highest BCUT2D eigenvalue weighted by molar-refractivity contribution is 5.81. The molecule has 5 rings (SSSR count). The summed E-state index contributed by atoms with van der Waals surface area (Å²) in [5.41, 5.74) is 2.19. The van der Waals surface area contributed by atoms with Gasteiger partial charge in [0.2, 0.25) is 5.91 Å². The fraction of sp³-hybridized carbons (Fsp3) is 0.474. The Bertz CT molecular complexity index is 809. The van der Waals surface area contributed by atoms with Crippen molar-refractivity contribution < 1.29 is 9.18 Å². The zero-order valence-electron chi connectivity index (χ0n) is 13.5. The predicted octanol–water partition coefficient (Wildman–Crippen LogP) is 2.87. The van der Waals surface area contributed by atoms with Gasteiger partial charge in [0.1, 0.15) is 11.6 Å². The number of carbonyl (C=O) groups is 1. The number of hydrogen-bond donors (Lipinski definition) is 0. The minimum Gasteiger partial charge on any atom is -0.342 e. The number of rotatable bonds is 2. The lowest BCUT2D eigenvalue weighted by Gasteiger charge is -2.23. The molecule has 4 nitrogen and oxygen atoms in total. The van der Waals surface area contributed by atoms with Crippen molar-refractivity contribution in [3.05, 3.63) is 42.1 Å². The quantitative estimate of drug-likeness (QED) is 0.851. The normalized spacial score (nSPS) is 25.5. The smallest absolute Gasteiger partial charge is 0.225 e. The number of nitrogens with zero attached hydrogens (tertiary/aromatic N) is 3. The van der Waals surface area contributed by atoms with E-state index in [1.807, 2.05) is 18.3 Å². The first-order chi connectivity index (χ1) is 11.6. The van der Waals surface area contributed by atoms with Crippen LogP contribution in [0, 0.1) is 17.2 Å². The maximum Gasteiger partial charge on any atom is 0.225 e. The van der Waals surface area contributed by atoms with E-state index in [0.717, 1.165) is 62.4 Å². The van der Waals surface area contributed by atoms with E-state index in [2.05, 4.69) is 14.5 Å². The van der Waals surface area contributed by atoms with Crippen LogP contribution in [0.15, 0.2) is 30.5 Å². The number of likely N-dealkylation sites (tertiary alicyclic amines) is 1. The van der Waals surface area contributed by atoms with Gasteiger partial charge in [0.05, 0.1) is 11.9 Å². The first-order valence-electron chi connectivity index (χ1n) is 8.73. The molecular formula is C19H20FN3O. The van der Waals surface area contributed by atoms with Crippen molar-refractivity contribution in [2.45, 2.75) is 32.2 Å². The highest BCUT2D eigenvalue weighted by Gasteiger charge is 2.47. The third kappa shape index (κ3) is 2.18. The molecule has 1 aliphatic carbocycles. The lowest BCUT2D eigenvalue weighted by molar-refractivity contribution is -0.131. The van der Waals surface area contributed by atoms with Crippen LogP contribution in [0.25, 0.3) is 11.3 Å². The summed E-state index contributed by atoms with van der Waals surface area (Å²) >= 11 is 0. The molecule has 3 heterocycles. The second-order valence-electron chi connectivity index (χ2n) is 7.61. The van der Waals surface area contributed by atoms with Crippen molar-refractivity contribution in [3.63, 3.8) is 0 Å². The van der Waals surface area contributed by atoms with E-state index in [1.54, 1.807) is 0 Å². The van der Waals surface area contributed by atoms with E-state index in [0.29, 0.717) is 11.8 Å². The Labute approximate surface area is 140 Å². The average Bonchev–Trinajstić information content (AvgIpc) is 3.11. The van der Waals surface area contributed by atoms with Crippen LogP contribution in [-0.4, -0.2) is 33.4 Å². The van der Waals surface area contributed by atoms with Gasteiger partial charge in [0.15, 0.2) is 0 Å². The van der Waals surface area contributed by atoms with Crippen LogP contribution in [0.4, 0.5) is 4.39 Å². The molecule has 0 radical (unpaired) electrons. The number of carbonyl (C=O) groups excluding carboxylic acids is 1. The number of fused-ring (bicyclic) bond motifs is 1. The van der Waals surface area contributed by atoms with Gasteiger partial charge >= 0.3 is 0 Å². The third-order valence-electron chi connectivity index (χ3n) is 5.78. The van der Waals surface area contributed by atoms with Crippen LogP contribution >= 0.6 is 0 Å². The highest BCUT2D eigenvalue weighted by atomic mass is 19.1. The summed E-state index contributed by atoms with van der Waals surface area (Å²) in [7, 11) is 0. The van der Waals surface area contributed by atoms with E-state index in [-0.39, 0.29) is 11.2 Å². The summed E-state index contributed by atoms with van der Waals surface area (Å²) in [6.45, 7) is 2.64. The fourth-order valence-corrected chi connectivity index (χ4v) is 4.29. The molecule has 2 aliphatic heterocycles. The van der Waals surface area contributed by atoms with Crippen molar-refractivity contribution in [1.82, 2.24) is 14.5 Å². The molecule has 3 aliphatic rings. The number of benzene rings is 1. The zero-order chi connectivity index (χ0) is 16.3. The van der Waals surface area contributed by atoms with Crippen LogP contribution in [0.3, 0.4) is 0 Å². The molecule has 1 saturated carbocycles. The Hall–Kier alpha value is -2.17. The van der Waals surface area contributed by atoms with E-state index >= 15 is 0 Å². The number of amides is 1. The van der Waals surface area contributed by atoms with E-state index in [9.17, 15) is 9.18 Å². The molecule has 1 aromatic heterocycles. The summed E-state index contributed by atoms with van der Waals surface area (Å²) in [5.74, 6) is 1.53. The minimum atomic E-state index is -0.221. The molecule has 1 amide bonds. The van der Waals surface area contributed by atoms with E-state index in [4.69, 9.17) is 0 Å². The maximum absolute atomic E-state index is 13.2. The monoisotopic (exact) mass is 325 g/mol. The molecule has 124 valence electrons. The summed E-state index contributed by atoms with van der Waals surface area (Å²) < 4.78 is 15.4. The number of halogens is 1. The van der Waals surface area contributed by atoms with Crippen LogP contribution in [-0.2, 0) is 17.8 Å². The Morgan fingerprint density at radius 1 is 1.21 bits per heavy atom. The van der Waals surface area contributed by atoms with Crippen LogP contribution in [0.1, 0.15) is 25.1 Å². The molecule has 1 saturated heterocycles. The van der Waals surface area contributed by atoms with Gasteiger partial charge in [0, 0.05) is 37.4 Å². The Morgan fingerprint density at radius 3 is 2.75 bits per heavy atom. The topological polar surface area (TPSA) is 38.1 Å². The van der Waals surface area contributed by atoms with Gasteiger partial charge in [-0.25, -0.2) is 9.37 Å². The van der Waals surface area contributed by atoms with Crippen molar-refractivity contribution >= 4 is 5.91 Å². The summed E-state index contributed by atoms with van der Waals surface area (Å²) in [6, 6.07) is 6.60. The molecule has 5 heteroatoms. The van der Waals surface area contributed by atoms with E-state index < -0.39 is 0 Å². The standard InChI is InChI=1S/C19H20FN3O/c20-15-5-3-13(4-6-15)16-10-21-17-9-19(12-23(16)17)7-8-22(11-19)18(24)14-1-2-14/h3-6,10,14H,1-2,7-9,11-12H2/t19-/m0/s1. The van der Waals surface area contributed by atoms with Crippen LogP contribution in [0.5, 0.6) is 0 Å². The highest BCUT2D eigenvalue weighted by Crippen LogP contribution is 2.44. The first-order valence-corrected chi connectivity index (χ1v) is 8.73. The molecule has 1 spiro atoms. The van der Waals surface area contributed by atoms with Crippen molar-refractivity contribution in [2.75, 3.05) is 13.1 Å². The molecule has 0 bridgehead atoms. The first kappa shape index (κ1) is 14.2. The van der Waals surface area contributed by atoms with E-state index in [1.165, 1.54) is 12.1 Å². The largest absolute Gasteiger partial charge is 0.342 e. The summed E-state index contributed by atoms with van der Waals surface area (Å²) in [4.78, 5) is 19.0. The molecule has 24 heavy (non-hydrogen) atoms.